The Labute approximate surface area is 156 Å². The summed E-state index contributed by atoms with van der Waals surface area (Å²) < 4.78 is 18.4. The summed E-state index contributed by atoms with van der Waals surface area (Å²) in [6.45, 7) is 1.15. The van der Waals surface area contributed by atoms with E-state index in [1.807, 2.05) is 12.1 Å². The van der Waals surface area contributed by atoms with Crippen LogP contribution in [0.15, 0.2) is 45.3 Å². The van der Waals surface area contributed by atoms with Gasteiger partial charge in [0.25, 0.3) is 5.91 Å². The van der Waals surface area contributed by atoms with Crippen molar-refractivity contribution >= 4 is 43.5 Å². The summed E-state index contributed by atoms with van der Waals surface area (Å²) in [5.41, 5.74) is 0.641. The average molecular weight is 457 g/mol. The molecule has 0 aromatic heterocycles. The van der Waals surface area contributed by atoms with E-state index in [2.05, 4.69) is 37.2 Å². The van der Waals surface area contributed by atoms with Crippen LogP contribution in [0.1, 0.15) is 6.42 Å². The number of rotatable bonds is 4. The highest BCUT2D eigenvalue weighted by atomic mass is 79.9. The fraction of sp³-hybridized carbons (Fsp3) is 0.235. The van der Waals surface area contributed by atoms with Crippen LogP contribution in [0.4, 0.5) is 5.69 Å². The Morgan fingerprint density at radius 1 is 1.08 bits per heavy atom. The number of amides is 1. The maximum atomic E-state index is 12.1. The van der Waals surface area contributed by atoms with Crippen LogP contribution >= 0.6 is 31.9 Å². The molecule has 24 heavy (non-hydrogen) atoms. The van der Waals surface area contributed by atoms with Gasteiger partial charge >= 0.3 is 0 Å². The Morgan fingerprint density at radius 2 is 1.88 bits per heavy atom. The zero-order chi connectivity index (χ0) is 16.9. The van der Waals surface area contributed by atoms with E-state index >= 15 is 0 Å². The van der Waals surface area contributed by atoms with Gasteiger partial charge in [0, 0.05) is 22.6 Å². The molecule has 2 aromatic carbocycles. The quantitative estimate of drug-likeness (QED) is 0.741. The second kappa shape index (κ2) is 7.90. The first-order chi connectivity index (χ1) is 11.6. The molecule has 0 saturated carbocycles. The average Bonchev–Trinajstić information content (AvgIpc) is 2.79. The van der Waals surface area contributed by atoms with Crippen molar-refractivity contribution in [2.45, 2.75) is 6.42 Å². The molecule has 1 amide bonds. The molecule has 5 nitrogen and oxygen atoms in total. The third-order valence-corrected chi connectivity index (χ3v) is 4.40. The molecule has 0 aliphatic carbocycles. The lowest BCUT2D eigenvalue weighted by Crippen LogP contribution is -2.20. The number of benzene rings is 2. The minimum absolute atomic E-state index is 0.0886. The normalized spacial score (nSPS) is 13.1. The highest BCUT2D eigenvalue weighted by Crippen LogP contribution is 2.32. The van der Waals surface area contributed by atoms with Gasteiger partial charge in [0.1, 0.15) is 5.75 Å². The van der Waals surface area contributed by atoms with E-state index in [-0.39, 0.29) is 12.5 Å². The smallest absolute Gasteiger partial charge is 0.262 e. The molecule has 0 unspecified atom stereocenters. The first-order valence-corrected chi connectivity index (χ1v) is 8.98. The molecular formula is C17H15Br2NO4. The molecule has 2 aromatic rings. The van der Waals surface area contributed by atoms with Crippen LogP contribution in [0, 0.1) is 0 Å². The molecule has 0 spiro atoms. The number of hydrogen-bond donors (Lipinski definition) is 1. The zero-order valence-corrected chi connectivity index (χ0v) is 15.9. The van der Waals surface area contributed by atoms with Crippen molar-refractivity contribution in [3.8, 4) is 17.2 Å². The fourth-order valence-electron chi connectivity index (χ4n) is 2.17. The van der Waals surface area contributed by atoms with Gasteiger partial charge in [0.05, 0.1) is 17.7 Å². The van der Waals surface area contributed by atoms with Gasteiger partial charge in [-0.15, -0.1) is 0 Å². The first kappa shape index (κ1) is 17.1. The molecule has 1 aliphatic rings. The van der Waals surface area contributed by atoms with Crippen LogP contribution < -0.4 is 19.5 Å². The third kappa shape index (κ3) is 4.42. The van der Waals surface area contributed by atoms with E-state index in [1.165, 1.54) is 0 Å². The van der Waals surface area contributed by atoms with Gasteiger partial charge in [-0.1, -0.05) is 15.9 Å². The van der Waals surface area contributed by atoms with Crippen LogP contribution in [-0.2, 0) is 4.79 Å². The molecule has 0 radical (unpaired) electrons. The predicted molar refractivity (Wildman–Crippen MR) is 98.0 cm³/mol. The summed E-state index contributed by atoms with van der Waals surface area (Å²) in [7, 11) is 0. The van der Waals surface area contributed by atoms with Crippen LogP contribution in [0.5, 0.6) is 17.2 Å². The first-order valence-electron chi connectivity index (χ1n) is 7.39. The number of carbonyl (C=O) groups is 1. The molecule has 126 valence electrons. The van der Waals surface area contributed by atoms with E-state index in [0.29, 0.717) is 36.1 Å². The molecule has 0 saturated heterocycles. The molecule has 0 bridgehead atoms. The van der Waals surface area contributed by atoms with E-state index in [9.17, 15) is 4.79 Å². The van der Waals surface area contributed by atoms with Crippen molar-refractivity contribution in [3.63, 3.8) is 0 Å². The number of anilines is 1. The van der Waals surface area contributed by atoms with Gasteiger partial charge in [-0.25, -0.2) is 0 Å². The van der Waals surface area contributed by atoms with Crippen molar-refractivity contribution in [1.29, 1.82) is 0 Å². The number of hydrogen-bond acceptors (Lipinski definition) is 4. The minimum Gasteiger partial charge on any atom is -0.490 e. The number of carbonyl (C=O) groups excluding carboxylic acids is 1. The van der Waals surface area contributed by atoms with E-state index in [1.54, 1.807) is 24.3 Å². The lowest BCUT2D eigenvalue weighted by atomic mass is 10.2. The summed E-state index contributed by atoms with van der Waals surface area (Å²) in [5, 5.41) is 2.79. The van der Waals surface area contributed by atoms with Crippen LogP contribution in [-0.4, -0.2) is 25.7 Å². The SMILES string of the molecule is O=C(COc1ccc(Br)cc1Br)Nc1ccc2c(c1)OCCCO2. The predicted octanol–water partition coefficient (Wildman–Crippen LogP) is 4.39. The minimum atomic E-state index is -0.251. The van der Waals surface area contributed by atoms with Crippen molar-refractivity contribution < 1.29 is 19.0 Å². The van der Waals surface area contributed by atoms with E-state index in [0.717, 1.165) is 15.4 Å². The molecule has 1 N–H and O–H groups in total. The maximum Gasteiger partial charge on any atom is 0.262 e. The van der Waals surface area contributed by atoms with E-state index in [4.69, 9.17) is 14.2 Å². The second-order valence-corrected chi connectivity index (χ2v) is 6.89. The summed E-state index contributed by atoms with van der Waals surface area (Å²) >= 11 is 6.76. The fourth-order valence-corrected chi connectivity index (χ4v) is 3.34. The topological polar surface area (TPSA) is 56.8 Å². The molecule has 7 heteroatoms. The Morgan fingerprint density at radius 3 is 2.67 bits per heavy atom. The molecule has 1 aliphatic heterocycles. The molecule has 1 heterocycles. The lowest BCUT2D eigenvalue weighted by Gasteiger charge is -2.11. The second-order valence-electron chi connectivity index (χ2n) is 5.12. The summed E-state index contributed by atoms with van der Waals surface area (Å²) in [5.74, 6) is 1.69. The zero-order valence-electron chi connectivity index (χ0n) is 12.7. The highest BCUT2D eigenvalue weighted by Gasteiger charge is 2.12. The van der Waals surface area contributed by atoms with Crippen LogP contribution in [0.2, 0.25) is 0 Å². The largest absolute Gasteiger partial charge is 0.490 e. The molecule has 0 atom stereocenters. The molecular weight excluding hydrogens is 442 g/mol. The summed E-state index contributed by atoms with van der Waals surface area (Å²) in [4.78, 5) is 12.1. The van der Waals surface area contributed by atoms with Gasteiger partial charge in [-0.3, -0.25) is 4.79 Å². The van der Waals surface area contributed by atoms with Crippen molar-refractivity contribution in [3.05, 3.63) is 45.3 Å². The van der Waals surface area contributed by atoms with Crippen molar-refractivity contribution in [1.82, 2.24) is 0 Å². The molecule has 0 fully saturated rings. The number of nitrogens with one attached hydrogen (secondary N) is 1. The van der Waals surface area contributed by atoms with E-state index < -0.39 is 0 Å². The summed E-state index contributed by atoms with van der Waals surface area (Å²) in [6.07, 6.45) is 0.840. The number of halogens is 2. The van der Waals surface area contributed by atoms with Gasteiger partial charge in [0.2, 0.25) is 0 Å². The van der Waals surface area contributed by atoms with Crippen LogP contribution in [0.25, 0.3) is 0 Å². The Bertz CT molecular complexity index is 751. The molecule has 3 rings (SSSR count). The lowest BCUT2D eigenvalue weighted by molar-refractivity contribution is -0.118. The Balaban J connectivity index is 1.59. The van der Waals surface area contributed by atoms with Gasteiger partial charge in [-0.05, 0) is 46.3 Å². The highest BCUT2D eigenvalue weighted by molar-refractivity contribution is 9.11. The standard InChI is InChI=1S/C17H15Br2NO4/c18-11-2-4-14(13(19)8-11)24-10-17(21)20-12-3-5-15-16(9-12)23-7-1-6-22-15/h2-5,8-9H,1,6-7,10H2,(H,20,21). The Hall–Kier alpha value is -1.73. The third-order valence-electron chi connectivity index (χ3n) is 3.28. The van der Waals surface area contributed by atoms with Gasteiger partial charge in [0.15, 0.2) is 18.1 Å². The monoisotopic (exact) mass is 455 g/mol. The number of ether oxygens (including phenoxy) is 3. The van der Waals surface area contributed by atoms with Crippen molar-refractivity contribution in [2.75, 3.05) is 25.1 Å². The number of fused-ring (bicyclic) bond motifs is 1. The summed E-state index contributed by atoms with van der Waals surface area (Å²) in [6, 6.07) is 10.8. The van der Waals surface area contributed by atoms with Gasteiger partial charge in [-0.2, -0.15) is 0 Å². The van der Waals surface area contributed by atoms with Crippen molar-refractivity contribution in [2.24, 2.45) is 0 Å². The maximum absolute atomic E-state index is 12.1. The van der Waals surface area contributed by atoms with Crippen LogP contribution in [0.3, 0.4) is 0 Å². The Kier molecular flexibility index (Phi) is 5.63. The van der Waals surface area contributed by atoms with Gasteiger partial charge < -0.3 is 19.5 Å².